The van der Waals surface area contributed by atoms with Crippen molar-refractivity contribution in [2.75, 3.05) is 18.4 Å². The number of piperidine rings is 1. The summed E-state index contributed by atoms with van der Waals surface area (Å²) in [6, 6.07) is 43.4. The Hall–Kier alpha value is -3.96. The number of rotatable bonds is 6. The molecule has 1 fully saturated rings. The van der Waals surface area contributed by atoms with E-state index < -0.39 is 0 Å². The molecule has 0 atom stereocenters. The quantitative estimate of drug-likeness (QED) is 0.209. The first-order chi connectivity index (χ1) is 19.8. The molecule has 1 saturated heterocycles. The number of nitrogens with one attached hydrogen (secondary N) is 1. The van der Waals surface area contributed by atoms with E-state index in [2.05, 4.69) is 125 Å². The third kappa shape index (κ3) is 6.27. The monoisotopic (exact) mass is 592 g/mol. The molecule has 0 radical (unpaired) electrons. The summed E-state index contributed by atoms with van der Waals surface area (Å²) >= 11 is 0. The van der Waals surface area contributed by atoms with Crippen LogP contribution >= 0.6 is 24.8 Å². The molecular weight excluding hydrogens is 559 g/mol. The van der Waals surface area contributed by atoms with Gasteiger partial charge in [-0.2, -0.15) is 0 Å². The summed E-state index contributed by atoms with van der Waals surface area (Å²) in [4.78, 5) is 2.57. The van der Waals surface area contributed by atoms with Gasteiger partial charge in [0.2, 0.25) is 0 Å². The summed E-state index contributed by atoms with van der Waals surface area (Å²) in [5.41, 5.74) is 5.78. The highest BCUT2D eigenvalue weighted by molar-refractivity contribution is 6.02. The average Bonchev–Trinajstić information content (AvgIpc) is 3.03. The minimum Gasteiger partial charge on any atom is -0.365 e. The standard InChI is InChI=1S/C36H32N4.2ClH/c1-3-9-27(10-4-1)31-17-18-33-34(24-31)36(39-38-35(33)29-12-5-2-6-13-29)37-32-19-21-40(22-20-32)25-26-15-16-28-11-7-8-14-30(28)23-26;;/h1-18,23-24,32H,19-22,25H2,(H,37,39);2*1H. The molecule has 7 rings (SSSR count). The van der Waals surface area contributed by atoms with Crippen LogP contribution in [-0.2, 0) is 6.54 Å². The van der Waals surface area contributed by atoms with Gasteiger partial charge < -0.3 is 5.32 Å². The molecule has 5 aromatic carbocycles. The number of hydrogen-bond acceptors (Lipinski definition) is 4. The van der Waals surface area contributed by atoms with Crippen molar-refractivity contribution in [1.29, 1.82) is 0 Å². The Labute approximate surface area is 259 Å². The molecule has 0 saturated carbocycles. The molecule has 0 spiro atoms. The van der Waals surface area contributed by atoms with E-state index in [0.29, 0.717) is 6.04 Å². The fourth-order valence-electron chi connectivity index (χ4n) is 5.90. The lowest BCUT2D eigenvalue weighted by atomic mass is 9.98. The Morgan fingerprint density at radius 2 is 1.26 bits per heavy atom. The van der Waals surface area contributed by atoms with Crippen molar-refractivity contribution >= 4 is 52.2 Å². The maximum Gasteiger partial charge on any atom is 0.156 e. The van der Waals surface area contributed by atoms with E-state index in [9.17, 15) is 0 Å². The second kappa shape index (κ2) is 13.3. The molecule has 6 aromatic rings. The fourth-order valence-corrected chi connectivity index (χ4v) is 5.90. The van der Waals surface area contributed by atoms with Crippen molar-refractivity contribution in [3.63, 3.8) is 0 Å². The first kappa shape index (κ1) is 29.5. The van der Waals surface area contributed by atoms with Gasteiger partial charge in [-0.3, -0.25) is 4.90 Å². The van der Waals surface area contributed by atoms with Gasteiger partial charge in [-0.1, -0.05) is 109 Å². The van der Waals surface area contributed by atoms with E-state index in [0.717, 1.165) is 60.3 Å². The van der Waals surface area contributed by atoms with Gasteiger partial charge in [0.05, 0.1) is 0 Å². The SMILES string of the molecule is Cl.Cl.c1ccc(-c2ccc3c(-c4ccccc4)nnc(NC4CCN(Cc5ccc6ccccc6c5)CC4)c3c2)cc1. The van der Waals surface area contributed by atoms with Gasteiger partial charge in [0.25, 0.3) is 0 Å². The first-order valence-electron chi connectivity index (χ1n) is 14.2. The zero-order valence-corrected chi connectivity index (χ0v) is 25.0. The number of hydrogen-bond donors (Lipinski definition) is 1. The lowest BCUT2D eigenvalue weighted by molar-refractivity contribution is 0.211. The maximum absolute atomic E-state index is 4.75. The van der Waals surface area contributed by atoms with Crippen LogP contribution in [0.15, 0.2) is 121 Å². The Kier molecular flexibility index (Phi) is 9.38. The third-order valence-corrected chi connectivity index (χ3v) is 8.08. The van der Waals surface area contributed by atoms with E-state index in [4.69, 9.17) is 10.2 Å². The Morgan fingerprint density at radius 3 is 2.00 bits per heavy atom. The van der Waals surface area contributed by atoms with Crippen molar-refractivity contribution in [3.8, 4) is 22.4 Å². The van der Waals surface area contributed by atoms with Crippen LogP contribution in [-0.4, -0.2) is 34.2 Å². The van der Waals surface area contributed by atoms with Crippen LogP contribution in [0.2, 0.25) is 0 Å². The minimum absolute atomic E-state index is 0. The lowest BCUT2D eigenvalue weighted by Crippen LogP contribution is -2.38. The van der Waals surface area contributed by atoms with E-state index >= 15 is 0 Å². The third-order valence-electron chi connectivity index (χ3n) is 8.08. The highest BCUT2D eigenvalue weighted by atomic mass is 35.5. The molecule has 6 heteroatoms. The molecule has 0 aliphatic carbocycles. The van der Waals surface area contributed by atoms with Crippen molar-refractivity contribution in [3.05, 3.63) is 127 Å². The van der Waals surface area contributed by atoms with Gasteiger partial charge in [0.15, 0.2) is 5.82 Å². The number of aromatic nitrogens is 2. The predicted octanol–water partition coefficient (Wildman–Crippen LogP) is 9.04. The van der Waals surface area contributed by atoms with Crippen LogP contribution in [0.4, 0.5) is 5.82 Å². The number of nitrogens with zero attached hydrogens (tertiary/aromatic N) is 3. The zero-order chi connectivity index (χ0) is 26.7. The second-order valence-corrected chi connectivity index (χ2v) is 10.8. The Morgan fingerprint density at radius 1 is 0.595 bits per heavy atom. The van der Waals surface area contributed by atoms with E-state index in [1.54, 1.807) is 0 Å². The second-order valence-electron chi connectivity index (χ2n) is 10.8. The summed E-state index contributed by atoms with van der Waals surface area (Å²) in [7, 11) is 0. The molecule has 0 bridgehead atoms. The number of anilines is 1. The highest BCUT2D eigenvalue weighted by Gasteiger charge is 2.21. The highest BCUT2D eigenvalue weighted by Crippen LogP contribution is 2.34. The molecular formula is C36H34Cl2N4. The fraction of sp³-hybridized carbons (Fsp3) is 0.167. The van der Waals surface area contributed by atoms with Crippen molar-refractivity contribution in [1.82, 2.24) is 15.1 Å². The summed E-state index contributed by atoms with van der Waals surface area (Å²) in [6.45, 7) is 3.12. The molecule has 212 valence electrons. The molecule has 0 unspecified atom stereocenters. The zero-order valence-electron chi connectivity index (χ0n) is 23.3. The number of benzene rings is 5. The van der Waals surface area contributed by atoms with Gasteiger partial charge in [-0.15, -0.1) is 35.0 Å². The number of fused-ring (bicyclic) bond motifs is 2. The molecule has 1 aliphatic heterocycles. The average molecular weight is 594 g/mol. The predicted molar refractivity (Wildman–Crippen MR) is 181 cm³/mol. The lowest BCUT2D eigenvalue weighted by Gasteiger charge is -2.32. The largest absolute Gasteiger partial charge is 0.365 e. The van der Waals surface area contributed by atoms with Crippen molar-refractivity contribution in [2.45, 2.75) is 25.4 Å². The van der Waals surface area contributed by atoms with Gasteiger partial charge in [-0.05, 0) is 52.4 Å². The Balaban J connectivity index is 0.00000176. The topological polar surface area (TPSA) is 41.1 Å². The number of halogens is 2. The van der Waals surface area contributed by atoms with Crippen molar-refractivity contribution in [2.24, 2.45) is 0 Å². The molecule has 2 heterocycles. The molecule has 4 nitrogen and oxygen atoms in total. The van der Waals surface area contributed by atoms with Crippen molar-refractivity contribution < 1.29 is 0 Å². The van der Waals surface area contributed by atoms with Gasteiger partial charge in [0.1, 0.15) is 5.69 Å². The molecule has 1 N–H and O–H groups in total. The van der Waals surface area contributed by atoms with Crippen LogP contribution in [0.25, 0.3) is 43.9 Å². The minimum atomic E-state index is 0. The molecule has 1 aromatic heterocycles. The molecule has 42 heavy (non-hydrogen) atoms. The number of likely N-dealkylation sites (tertiary alicyclic amines) is 1. The van der Waals surface area contributed by atoms with Crippen LogP contribution in [0.5, 0.6) is 0 Å². The first-order valence-corrected chi connectivity index (χ1v) is 14.2. The van der Waals surface area contributed by atoms with Gasteiger partial charge in [-0.25, -0.2) is 0 Å². The summed E-state index contributed by atoms with van der Waals surface area (Å²) in [5.74, 6) is 0.875. The van der Waals surface area contributed by atoms with Gasteiger partial charge >= 0.3 is 0 Å². The van der Waals surface area contributed by atoms with Gasteiger partial charge in [0, 0.05) is 42.0 Å². The van der Waals surface area contributed by atoms with Crippen LogP contribution in [0.1, 0.15) is 18.4 Å². The van der Waals surface area contributed by atoms with Crippen LogP contribution in [0.3, 0.4) is 0 Å². The molecule has 0 amide bonds. The van der Waals surface area contributed by atoms with E-state index in [-0.39, 0.29) is 24.8 Å². The normalized spacial score (nSPS) is 13.8. The smallest absolute Gasteiger partial charge is 0.156 e. The summed E-state index contributed by atoms with van der Waals surface area (Å²) in [6.07, 6.45) is 2.16. The summed E-state index contributed by atoms with van der Waals surface area (Å²) < 4.78 is 0. The van der Waals surface area contributed by atoms with Crippen LogP contribution < -0.4 is 5.32 Å². The summed E-state index contributed by atoms with van der Waals surface area (Å²) in [5, 5.41) is 18.1. The maximum atomic E-state index is 4.75. The van der Waals surface area contributed by atoms with Crippen LogP contribution in [0, 0.1) is 0 Å². The molecule has 1 aliphatic rings. The van der Waals surface area contributed by atoms with E-state index in [1.165, 1.54) is 27.5 Å². The van der Waals surface area contributed by atoms with E-state index in [1.807, 2.05) is 6.07 Å². The Bertz CT molecular complexity index is 1770.